The van der Waals surface area contributed by atoms with Crippen molar-refractivity contribution >= 4 is 11.9 Å². The second-order valence-electron chi connectivity index (χ2n) is 6.36. The second kappa shape index (κ2) is 6.27. The van der Waals surface area contributed by atoms with Crippen LogP contribution in [0.4, 0.5) is 10.3 Å². The van der Waals surface area contributed by atoms with Crippen LogP contribution >= 0.6 is 0 Å². The maximum atomic E-state index is 13.9. The summed E-state index contributed by atoms with van der Waals surface area (Å²) in [5.41, 5.74) is -0.0371. The third-order valence-corrected chi connectivity index (χ3v) is 4.59. The topological polar surface area (TPSA) is 82.2 Å². The third-order valence-electron chi connectivity index (χ3n) is 4.59. The van der Waals surface area contributed by atoms with Crippen LogP contribution in [0, 0.1) is 5.82 Å². The Morgan fingerprint density at radius 2 is 1.96 bits per heavy atom. The molecule has 0 spiro atoms. The number of carbonyl (C=O) groups excluding carboxylic acids is 1. The average molecular weight is 343 g/mol. The number of hydrogen-bond donors (Lipinski definition) is 1. The van der Waals surface area contributed by atoms with E-state index in [0.717, 1.165) is 12.8 Å². The smallest absolute Gasteiger partial charge is 0.288 e. The van der Waals surface area contributed by atoms with Crippen molar-refractivity contribution in [1.29, 1.82) is 0 Å². The van der Waals surface area contributed by atoms with Gasteiger partial charge in [-0.15, -0.1) is 0 Å². The number of anilines is 1. The molecule has 1 amide bonds. The van der Waals surface area contributed by atoms with Gasteiger partial charge in [0.1, 0.15) is 5.69 Å². The molecule has 1 aliphatic carbocycles. The number of nitrogens with one attached hydrogen (secondary N) is 1. The Kier molecular flexibility index (Phi) is 3.95. The maximum absolute atomic E-state index is 13.9. The van der Waals surface area contributed by atoms with Gasteiger partial charge in [-0.1, -0.05) is 6.07 Å². The first kappa shape index (κ1) is 15.7. The van der Waals surface area contributed by atoms with E-state index in [1.807, 2.05) is 4.90 Å². The van der Waals surface area contributed by atoms with Crippen LogP contribution < -0.4 is 10.5 Å². The number of hydrogen-bond acceptors (Lipinski definition) is 5. The summed E-state index contributed by atoms with van der Waals surface area (Å²) in [6.07, 6.45) is 3.34. The number of H-pyrrole nitrogens is 1. The predicted octanol–water partition coefficient (Wildman–Crippen LogP) is 1.14. The number of halogens is 1. The van der Waals surface area contributed by atoms with Crippen molar-refractivity contribution in [1.82, 2.24) is 19.9 Å². The fourth-order valence-electron chi connectivity index (χ4n) is 3.01. The fourth-order valence-corrected chi connectivity index (χ4v) is 3.01. The van der Waals surface area contributed by atoms with E-state index in [9.17, 15) is 14.0 Å². The number of carbonyl (C=O) groups is 1. The molecule has 3 heterocycles. The monoisotopic (exact) mass is 343 g/mol. The number of rotatable bonds is 3. The highest BCUT2D eigenvalue weighted by Gasteiger charge is 2.31. The van der Waals surface area contributed by atoms with Crippen molar-refractivity contribution in [3.8, 4) is 0 Å². The molecule has 2 aromatic heterocycles. The maximum Gasteiger partial charge on any atom is 0.288 e. The molecule has 4 rings (SSSR count). The van der Waals surface area contributed by atoms with Crippen LogP contribution in [0.25, 0.3) is 0 Å². The van der Waals surface area contributed by atoms with Gasteiger partial charge in [-0.2, -0.15) is 4.39 Å². The molecule has 1 aliphatic heterocycles. The van der Waals surface area contributed by atoms with E-state index in [0.29, 0.717) is 37.8 Å². The van der Waals surface area contributed by atoms with Gasteiger partial charge >= 0.3 is 0 Å². The molecule has 130 valence electrons. The molecular weight excluding hydrogens is 325 g/mol. The molecule has 0 atom stereocenters. The van der Waals surface area contributed by atoms with E-state index in [2.05, 4.69) is 15.0 Å². The second-order valence-corrected chi connectivity index (χ2v) is 6.36. The Hall–Kier alpha value is -2.77. The number of aromatic nitrogens is 3. The fraction of sp³-hybridized carbons (Fsp3) is 0.412. The Morgan fingerprint density at radius 1 is 1.20 bits per heavy atom. The van der Waals surface area contributed by atoms with Crippen molar-refractivity contribution in [2.45, 2.75) is 18.8 Å². The number of pyridine rings is 1. The SMILES string of the molecule is O=C(c1ccccn1)N1CCN(c2nc(C3CC3)c(F)c(=O)[nH]2)CC1. The normalized spacial score (nSPS) is 17.6. The van der Waals surface area contributed by atoms with E-state index in [-0.39, 0.29) is 17.5 Å². The summed E-state index contributed by atoms with van der Waals surface area (Å²) in [6.45, 7) is 2.04. The lowest BCUT2D eigenvalue weighted by molar-refractivity contribution is 0.0740. The van der Waals surface area contributed by atoms with E-state index < -0.39 is 11.4 Å². The van der Waals surface area contributed by atoms with Crippen LogP contribution in [0.5, 0.6) is 0 Å². The van der Waals surface area contributed by atoms with Gasteiger partial charge in [-0.05, 0) is 25.0 Å². The van der Waals surface area contributed by atoms with Crippen LogP contribution in [0.2, 0.25) is 0 Å². The minimum atomic E-state index is -0.768. The van der Waals surface area contributed by atoms with E-state index in [1.54, 1.807) is 29.3 Å². The molecule has 2 aromatic rings. The van der Waals surface area contributed by atoms with Gasteiger partial charge in [-0.25, -0.2) is 4.98 Å². The van der Waals surface area contributed by atoms with E-state index in [4.69, 9.17) is 0 Å². The molecule has 0 unspecified atom stereocenters. The summed E-state index contributed by atoms with van der Waals surface area (Å²) in [4.78, 5) is 38.8. The highest BCUT2D eigenvalue weighted by molar-refractivity contribution is 5.92. The molecule has 0 bridgehead atoms. The molecule has 1 saturated carbocycles. The summed E-state index contributed by atoms with van der Waals surface area (Å²) in [5, 5.41) is 0. The number of amides is 1. The lowest BCUT2D eigenvalue weighted by atomic mass is 10.2. The summed E-state index contributed by atoms with van der Waals surface area (Å²) in [7, 11) is 0. The summed E-state index contributed by atoms with van der Waals surface area (Å²) in [5.74, 6) is -0.430. The third kappa shape index (κ3) is 3.11. The first-order chi connectivity index (χ1) is 12.1. The van der Waals surface area contributed by atoms with Crippen molar-refractivity contribution in [3.63, 3.8) is 0 Å². The molecule has 2 fully saturated rings. The van der Waals surface area contributed by atoms with Gasteiger partial charge in [0, 0.05) is 38.3 Å². The predicted molar refractivity (Wildman–Crippen MR) is 89.1 cm³/mol. The highest BCUT2D eigenvalue weighted by Crippen LogP contribution is 2.39. The van der Waals surface area contributed by atoms with Gasteiger partial charge in [0.05, 0.1) is 5.69 Å². The zero-order valence-corrected chi connectivity index (χ0v) is 13.6. The van der Waals surface area contributed by atoms with Crippen LogP contribution in [0.1, 0.15) is 34.9 Å². The van der Waals surface area contributed by atoms with Gasteiger partial charge in [0.25, 0.3) is 11.5 Å². The Morgan fingerprint density at radius 3 is 2.60 bits per heavy atom. The van der Waals surface area contributed by atoms with Crippen LogP contribution in [-0.4, -0.2) is 51.9 Å². The standard InChI is InChI=1S/C17H18FN5O2/c18-13-14(11-4-5-11)20-17(21-15(13)24)23-9-7-22(8-10-23)16(25)12-3-1-2-6-19-12/h1-3,6,11H,4-5,7-10H2,(H,20,21,24). The average Bonchev–Trinajstić information content (AvgIpc) is 3.49. The van der Waals surface area contributed by atoms with Crippen molar-refractivity contribution in [3.05, 3.63) is 52.0 Å². The summed E-state index contributed by atoms with van der Waals surface area (Å²) in [6, 6.07) is 5.24. The molecule has 0 radical (unpaired) electrons. The van der Waals surface area contributed by atoms with Crippen LogP contribution in [0.15, 0.2) is 29.2 Å². The summed E-state index contributed by atoms with van der Waals surface area (Å²) >= 11 is 0. The van der Waals surface area contributed by atoms with Crippen LogP contribution in [-0.2, 0) is 0 Å². The lowest BCUT2D eigenvalue weighted by Crippen LogP contribution is -2.49. The minimum Gasteiger partial charge on any atom is -0.339 e. The zero-order valence-electron chi connectivity index (χ0n) is 13.6. The first-order valence-electron chi connectivity index (χ1n) is 8.38. The molecule has 7 nitrogen and oxygen atoms in total. The largest absolute Gasteiger partial charge is 0.339 e. The number of piperazine rings is 1. The van der Waals surface area contributed by atoms with Crippen molar-refractivity contribution in [2.75, 3.05) is 31.1 Å². The minimum absolute atomic E-state index is 0.0630. The molecule has 1 N–H and O–H groups in total. The molecular formula is C17H18FN5O2. The highest BCUT2D eigenvalue weighted by atomic mass is 19.1. The molecule has 1 saturated heterocycles. The molecule has 8 heteroatoms. The number of nitrogens with zero attached hydrogens (tertiary/aromatic N) is 4. The quantitative estimate of drug-likeness (QED) is 0.904. The van der Waals surface area contributed by atoms with Crippen molar-refractivity contribution < 1.29 is 9.18 Å². The number of aromatic amines is 1. The van der Waals surface area contributed by atoms with E-state index >= 15 is 0 Å². The Bertz CT molecular complexity index is 842. The first-order valence-corrected chi connectivity index (χ1v) is 8.38. The molecule has 2 aliphatic rings. The van der Waals surface area contributed by atoms with Gasteiger partial charge in [0.2, 0.25) is 11.8 Å². The zero-order chi connectivity index (χ0) is 17.4. The van der Waals surface area contributed by atoms with Gasteiger partial charge in [0.15, 0.2) is 0 Å². The van der Waals surface area contributed by atoms with Crippen molar-refractivity contribution in [2.24, 2.45) is 0 Å². The van der Waals surface area contributed by atoms with Gasteiger partial charge < -0.3 is 9.80 Å². The van der Waals surface area contributed by atoms with Crippen LogP contribution in [0.3, 0.4) is 0 Å². The van der Waals surface area contributed by atoms with E-state index in [1.165, 1.54) is 0 Å². The molecule has 0 aromatic carbocycles. The van der Waals surface area contributed by atoms with Gasteiger partial charge in [-0.3, -0.25) is 19.6 Å². The molecule has 25 heavy (non-hydrogen) atoms. The Balaban J connectivity index is 1.47. The Labute approximate surface area is 143 Å². The summed E-state index contributed by atoms with van der Waals surface area (Å²) < 4.78 is 13.9. The lowest BCUT2D eigenvalue weighted by Gasteiger charge is -2.34.